The molecule has 0 saturated heterocycles. The fourth-order valence-corrected chi connectivity index (χ4v) is 2.39. The molecule has 0 aliphatic rings. The molecule has 2 aromatic rings. The fraction of sp³-hybridized carbons (Fsp3) is 0.273. The van der Waals surface area contributed by atoms with E-state index in [0.717, 1.165) is 0 Å². The summed E-state index contributed by atoms with van der Waals surface area (Å²) in [5.41, 5.74) is 0.131. The molecular weight excluding hydrogens is 240 g/mol. The van der Waals surface area contributed by atoms with Crippen LogP contribution in [0.4, 0.5) is 0 Å². The highest BCUT2D eigenvalue weighted by atomic mass is 32.1. The zero-order valence-electron chi connectivity index (χ0n) is 9.34. The molecule has 2 rings (SSSR count). The minimum Gasteiger partial charge on any atom is -0.506 e. The van der Waals surface area contributed by atoms with Gasteiger partial charge in [0.1, 0.15) is 10.4 Å². The highest BCUT2D eigenvalue weighted by Gasteiger charge is 2.13. The number of rotatable bonds is 4. The van der Waals surface area contributed by atoms with Gasteiger partial charge in [-0.15, -0.1) is 6.58 Å². The number of hydrogen-bond acceptors (Lipinski definition) is 5. The van der Waals surface area contributed by atoms with Gasteiger partial charge in [-0.1, -0.05) is 17.4 Å². The third-order valence-electron chi connectivity index (χ3n) is 2.18. The molecule has 0 radical (unpaired) electrons. The lowest BCUT2D eigenvalue weighted by Crippen LogP contribution is -2.18. The summed E-state index contributed by atoms with van der Waals surface area (Å²) in [5.74, 6) is -0.0613. The monoisotopic (exact) mass is 252 g/mol. The van der Waals surface area contributed by atoms with Gasteiger partial charge in [-0.2, -0.15) is 4.98 Å². The van der Waals surface area contributed by atoms with Crippen LogP contribution in [-0.4, -0.2) is 21.3 Å². The molecule has 2 heterocycles. The minimum atomic E-state index is -0.303. The summed E-state index contributed by atoms with van der Waals surface area (Å²) in [6.07, 6.45) is 1.61. The van der Waals surface area contributed by atoms with E-state index < -0.39 is 0 Å². The van der Waals surface area contributed by atoms with Crippen LogP contribution in [0, 0.1) is 0 Å². The smallest absolute Gasteiger partial charge is 0.275 e. The maximum Gasteiger partial charge on any atom is 0.275 e. The first-order chi connectivity index (χ1) is 8.17. The molecule has 0 aliphatic carbocycles. The number of pyridine rings is 1. The largest absolute Gasteiger partial charge is 0.506 e. The first kappa shape index (κ1) is 11.7. The maximum absolute atomic E-state index is 11.7. The fourth-order valence-electron chi connectivity index (χ4n) is 1.50. The first-order valence-corrected chi connectivity index (χ1v) is 5.96. The molecule has 0 spiro atoms. The van der Waals surface area contributed by atoms with Crippen LogP contribution in [0.5, 0.6) is 10.9 Å². The zero-order chi connectivity index (χ0) is 12.4. The van der Waals surface area contributed by atoms with Crippen molar-refractivity contribution in [1.29, 1.82) is 0 Å². The molecule has 1 N–H and O–H groups in total. The Kier molecular flexibility index (Phi) is 3.14. The number of aromatic hydroxyl groups is 1. The van der Waals surface area contributed by atoms with E-state index in [1.165, 1.54) is 22.0 Å². The van der Waals surface area contributed by atoms with Crippen molar-refractivity contribution in [3.63, 3.8) is 0 Å². The summed E-state index contributed by atoms with van der Waals surface area (Å²) in [4.78, 5) is 15.9. The van der Waals surface area contributed by atoms with Gasteiger partial charge in [0, 0.05) is 12.6 Å². The van der Waals surface area contributed by atoms with Crippen LogP contribution in [0.3, 0.4) is 0 Å². The van der Waals surface area contributed by atoms with Gasteiger partial charge in [0.2, 0.25) is 0 Å². The normalized spacial score (nSPS) is 10.6. The Morgan fingerprint density at radius 3 is 3.12 bits per heavy atom. The predicted octanol–water partition coefficient (Wildman–Crippen LogP) is 1.75. The van der Waals surface area contributed by atoms with E-state index in [1.54, 1.807) is 6.08 Å². The van der Waals surface area contributed by atoms with Gasteiger partial charge < -0.3 is 9.84 Å². The van der Waals surface area contributed by atoms with E-state index in [-0.39, 0.29) is 11.3 Å². The number of nitrogens with zero attached hydrogens (tertiary/aromatic N) is 2. The third-order valence-corrected chi connectivity index (χ3v) is 3.16. The number of ether oxygens (including phenoxy) is 1. The van der Waals surface area contributed by atoms with E-state index in [1.807, 2.05) is 6.92 Å². The maximum atomic E-state index is 11.7. The highest BCUT2D eigenvalue weighted by molar-refractivity contribution is 7.20. The Hall–Kier alpha value is -1.82. The standard InChI is InChI=1S/C11H12N2O3S/c1-3-5-13-8(15)6-7(14)9-10(13)12-11(17-9)16-4-2/h3,6,14H,1,4-5H2,2H3. The van der Waals surface area contributed by atoms with E-state index >= 15 is 0 Å². The molecule has 90 valence electrons. The van der Waals surface area contributed by atoms with Crippen LogP contribution >= 0.6 is 11.3 Å². The number of thiazole rings is 1. The lowest BCUT2D eigenvalue weighted by Gasteiger charge is -2.03. The van der Waals surface area contributed by atoms with Gasteiger partial charge in [0.05, 0.1) is 6.61 Å². The lowest BCUT2D eigenvalue weighted by atomic mass is 10.4. The topological polar surface area (TPSA) is 64.4 Å². The summed E-state index contributed by atoms with van der Waals surface area (Å²) in [5, 5.41) is 10.1. The SMILES string of the molecule is C=CCn1c(=O)cc(O)c2sc(OCC)nc21. The highest BCUT2D eigenvalue weighted by Crippen LogP contribution is 2.32. The van der Waals surface area contributed by atoms with Crippen molar-refractivity contribution < 1.29 is 9.84 Å². The molecule has 0 unspecified atom stereocenters. The predicted molar refractivity (Wildman–Crippen MR) is 66.9 cm³/mol. The minimum absolute atomic E-state index is 0.0613. The van der Waals surface area contributed by atoms with Crippen LogP contribution in [0.2, 0.25) is 0 Å². The van der Waals surface area contributed by atoms with Crippen molar-refractivity contribution >= 4 is 21.7 Å². The summed E-state index contributed by atoms with van der Waals surface area (Å²) >= 11 is 1.22. The molecule has 0 aliphatic heterocycles. The summed E-state index contributed by atoms with van der Waals surface area (Å²) < 4.78 is 7.27. The lowest BCUT2D eigenvalue weighted by molar-refractivity contribution is 0.338. The second-order valence-electron chi connectivity index (χ2n) is 3.33. The van der Waals surface area contributed by atoms with E-state index in [4.69, 9.17) is 4.74 Å². The number of hydrogen-bond donors (Lipinski definition) is 1. The van der Waals surface area contributed by atoms with Crippen molar-refractivity contribution in [1.82, 2.24) is 9.55 Å². The number of allylic oxidation sites excluding steroid dienone is 1. The molecule has 0 bridgehead atoms. The Balaban J connectivity index is 2.71. The first-order valence-electron chi connectivity index (χ1n) is 5.14. The van der Waals surface area contributed by atoms with E-state index in [0.29, 0.717) is 28.7 Å². The van der Waals surface area contributed by atoms with Crippen LogP contribution in [-0.2, 0) is 6.54 Å². The van der Waals surface area contributed by atoms with Crippen molar-refractivity contribution in [2.75, 3.05) is 6.61 Å². The molecule has 0 amide bonds. The molecule has 2 aromatic heterocycles. The van der Waals surface area contributed by atoms with Gasteiger partial charge in [0.15, 0.2) is 5.65 Å². The van der Waals surface area contributed by atoms with Crippen LogP contribution < -0.4 is 10.3 Å². The molecule has 0 fully saturated rings. The van der Waals surface area contributed by atoms with Gasteiger partial charge in [-0.25, -0.2) is 0 Å². The molecular formula is C11H12N2O3S. The Bertz CT molecular complexity index is 615. The molecule has 0 aromatic carbocycles. The average Bonchev–Trinajstić information content (AvgIpc) is 2.69. The van der Waals surface area contributed by atoms with Crippen LogP contribution in [0.25, 0.3) is 10.3 Å². The van der Waals surface area contributed by atoms with Crippen molar-refractivity contribution in [3.8, 4) is 10.9 Å². The summed E-state index contributed by atoms with van der Waals surface area (Å²) in [6, 6.07) is 1.18. The van der Waals surface area contributed by atoms with Gasteiger partial charge in [-0.05, 0) is 6.92 Å². The average molecular weight is 252 g/mol. The van der Waals surface area contributed by atoms with Crippen molar-refractivity contribution in [3.05, 3.63) is 29.1 Å². The van der Waals surface area contributed by atoms with E-state index in [9.17, 15) is 9.90 Å². The third kappa shape index (κ3) is 2.03. The van der Waals surface area contributed by atoms with E-state index in [2.05, 4.69) is 11.6 Å². The Morgan fingerprint density at radius 2 is 2.47 bits per heavy atom. The zero-order valence-corrected chi connectivity index (χ0v) is 10.2. The second-order valence-corrected chi connectivity index (χ2v) is 4.29. The quantitative estimate of drug-likeness (QED) is 0.842. The van der Waals surface area contributed by atoms with Crippen LogP contribution in [0.15, 0.2) is 23.5 Å². The van der Waals surface area contributed by atoms with Crippen molar-refractivity contribution in [2.24, 2.45) is 0 Å². The van der Waals surface area contributed by atoms with Gasteiger partial charge in [0.25, 0.3) is 10.8 Å². The molecule has 17 heavy (non-hydrogen) atoms. The summed E-state index contributed by atoms with van der Waals surface area (Å²) in [6.45, 7) is 6.29. The van der Waals surface area contributed by atoms with Crippen LogP contribution in [0.1, 0.15) is 6.92 Å². The Labute approximate surface area is 102 Å². The molecule has 5 nitrogen and oxygen atoms in total. The molecule has 6 heteroatoms. The number of aromatic nitrogens is 2. The van der Waals surface area contributed by atoms with Crippen molar-refractivity contribution in [2.45, 2.75) is 13.5 Å². The van der Waals surface area contributed by atoms with Gasteiger partial charge >= 0.3 is 0 Å². The Morgan fingerprint density at radius 1 is 1.71 bits per heavy atom. The molecule has 0 saturated carbocycles. The number of fused-ring (bicyclic) bond motifs is 1. The summed E-state index contributed by atoms with van der Waals surface area (Å²) in [7, 11) is 0. The van der Waals surface area contributed by atoms with Gasteiger partial charge in [-0.3, -0.25) is 9.36 Å². The molecule has 0 atom stereocenters. The second kappa shape index (κ2) is 4.58.